The number of rotatable bonds is 17. The van der Waals surface area contributed by atoms with Crippen molar-refractivity contribution in [2.75, 3.05) is 24.7 Å². The van der Waals surface area contributed by atoms with Gasteiger partial charge in [-0.25, -0.2) is 17.2 Å². The summed E-state index contributed by atoms with van der Waals surface area (Å²) in [7, 11) is -5.46. The van der Waals surface area contributed by atoms with Crippen LogP contribution in [0.1, 0.15) is 99.6 Å². The van der Waals surface area contributed by atoms with Gasteiger partial charge in [0.1, 0.15) is 11.5 Å². The minimum Gasteiger partial charge on any atom is -0.466 e. The fourth-order valence-electron chi connectivity index (χ4n) is 4.88. The first-order valence-corrected chi connectivity index (χ1v) is 20.6. The zero-order valence-electron chi connectivity index (χ0n) is 29.6. The van der Waals surface area contributed by atoms with Crippen LogP contribution >= 0.6 is 0 Å². The van der Waals surface area contributed by atoms with E-state index in [0.29, 0.717) is 30.4 Å². The Bertz CT molecular complexity index is 1230. The van der Waals surface area contributed by atoms with Crippen LogP contribution in [-0.4, -0.2) is 65.4 Å². The Labute approximate surface area is 272 Å². The third-order valence-corrected chi connectivity index (χ3v) is 15.1. The molecule has 11 heteroatoms. The second-order valence-electron chi connectivity index (χ2n) is 15.7. The van der Waals surface area contributed by atoms with Crippen LogP contribution in [0.5, 0.6) is 0 Å². The van der Waals surface area contributed by atoms with E-state index in [1.165, 1.54) is 0 Å². The van der Waals surface area contributed by atoms with Crippen LogP contribution in [0, 0.1) is 11.3 Å². The Kier molecular flexibility index (Phi) is 14.5. The van der Waals surface area contributed by atoms with Gasteiger partial charge >= 0.3 is 11.9 Å². The number of halogens is 2. The van der Waals surface area contributed by atoms with Gasteiger partial charge in [-0.3, -0.25) is 9.59 Å². The highest BCUT2D eigenvalue weighted by atomic mass is 32.2. The average Bonchev–Trinajstić information content (AvgIpc) is 2.84. The van der Waals surface area contributed by atoms with Crippen LogP contribution < -0.4 is 0 Å². The van der Waals surface area contributed by atoms with Crippen LogP contribution in [-0.2, 0) is 45.2 Å². The van der Waals surface area contributed by atoms with E-state index in [2.05, 4.69) is 33.9 Å². The summed E-state index contributed by atoms with van der Waals surface area (Å²) in [6.45, 7) is 23.2. The van der Waals surface area contributed by atoms with Crippen LogP contribution in [0.2, 0.25) is 18.1 Å². The van der Waals surface area contributed by atoms with Crippen molar-refractivity contribution in [2.45, 2.75) is 130 Å². The first-order valence-electron chi connectivity index (χ1n) is 15.9. The Morgan fingerprint density at radius 2 is 1.56 bits per heavy atom. The molecular weight excluding hydrogens is 619 g/mol. The highest BCUT2D eigenvalue weighted by Gasteiger charge is 2.40. The normalized spacial score (nSPS) is 15.4. The molecule has 45 heavy (non-hydrogen) atoms. The van der Waals surface area contributed by atoms with E-state index >= 15 is 0 Å². The van der Waals surface area contributed by atoms with Gasteiger partial charge in [-0.05, 0) is 88.6 Å². The summed E-state index contributed by atoms with van der Waals surface area (Å²) >= 11 is 0. The van der Waals surface area contributed by atoms with Gasteiger partial charge in [0.05, 0.1) is 23.5 Å². The molecule has 0 bridgehead atoms. The molecule has 7 nitrogen and oxygen atoms in total. The Morgan fingerprint density at radius 3 is 2.07 bits per heavy atom. The number of alkyl halides is 2. The van der Waals surface area contributed by atoms with Crippen molar-refractivity contribution in [3.05, 3.63) is 35.4 Å². The van der Waals surface area contributed by atoms with Crippen LogP contribution in [0.25, 0.3) is 0 Å². The Balaban J connectivity index is 3.15. The topological polar surface area (TPSA) is 96.0 Å². The van der Waals surface area contributed by atoms with Gasteiger partial charge in [-0.2, -0.15) is 0 Å². The van der Waals surface area contributed by atoms with E-state index in [1.54, 1.807) is 58.9 Å². The minimum atomic E-state index is -3.39. The van der Waals surface area contributed by atoms with E-state index in [4.69, 9.17) is 13.9 Å². The molecule has 260 valence electrons. The molecule has 1 aromatic carbocycles. The number of hydrogen-bond donors (Lipinski definition) is 0. The second kappa shape index (κ2) is 15.8. The number of sulfone groups is 1. The van der Waals surface area contributed by atoms with E-state index in [1.807, 2.05) is 13.8 Å². The van der Waals surface area contributed by atoms with Gasteiger partial charge in [0.25, 0.3) is 6.43 Å². The maximum atomic E-state index is 13.7. The van der Waals surface area contributed by atoms with Gasteiger partial charge < -0.3 is 13.9 Å². The molecule has 0 saturated carbocycles. The monoisotopic (exact) mass is 676 g/mol. The van der Waals surface area contributed by atoms with Gasteiger partial charge in [0.15, 0.2) is 18.2 Å². The second-order valence-corrected chi connectivity index (χ2v) is 22.6. The molecular formula is C34H58F2O7SSi. The van der Waals surface area contributed by atoms with Crippen molar-refractivity contribution in [2.24, 2.45) is 11.3 Å². The summed E-state index contributed by atoms with van der Waals surface area (Å²) in [5, 5.41) is -0.0120. The number of hydrogen-bond acceptors (Lipinski definition) is 7. The molecule has 0 saturated heterocycles. The zero-order valence-corrected chi connectivity index (χ0v) is 31.5. The Morgan fingerprint density at radius 1 is 0.956 bits per heavy atom. The number of ether oxygens (including phenoxy) is 2. The van der Waals surface area contributed by atoms with E-state index in [0.717, 1.165) is 0 Å². The lowest BCUT2D eigenvalue weighted by atomic mass is 9.75. The number of carbonyl (C=O) groups excluding carboxylic acids is 2. The smallest absolute Gasteiger partial charge is 0.316 e. The molecule has 0 spiro atoms. The lowest BCUT2D eigenvalue weighted by Crippen LogP contribution is -2.42. The van der Waals surface area contributed by atoms with Gasteiger partial charge in [-0.1, -0.05) is 65.3 Å². The number of esters is 2. The summed E-state index contributed by atoms with van der Waals surface area (Å²) in [4.78, 5) is 25.8. The molecule has 0 aromatic heterocycles. The lowest BCUT2D eigenvalue weighted by molar-refractivity contribution is -0.162. The largest absolute Gasteiger partial charge is 0.466 e. The molecule has 0 heterocycles. The van der Waals surface area contributed by atoms with Crippen molar-refractivity contribution in [3.63, 3.8) is 0 Å². The fourth-order valence-corrected chi connectivity index (χ4v) is 7.89. The summed E-state index contributed by atoms with van der Waals surface area (Å²) in [6, 6.07) is 6.77. The van der Waals surface area contributed by atoms with Crippen LogP contribution in [0.3, 0.4) is 0 Å². The lowest BCUT2D eigenvalue weighted by Gasteiger charge is -2.36. The highest BCUT2D eigenvalue weighted by molar-refractivity contribution is 7.91. The van der Waals surface area contributed by atoms with Crippen LogP contribution in [0.15, 0.2) is 24.3 Å². The summed E-state index contributed by atoms with van der Waals surface area (Å²) in [6.07, 6.45) is -1.74. The van der Waals surface area contributed by atoms with Crippen molar-refractivity contribution in [1.82, 2.24) is 0 Å². The molecule has 2 unspecified atom stereocenters. The van der Waals surface area contributed by atoms with E-state index in [9.17, 15) is 26.8 Å². The number of benzene rings is 1. The minimum absolute atomic E-state index is 0.00116. The molecule has 2 atom stereocenters. The van der Waals surface area contributed by atoms with Gasteiger partial charge in [-0.15, -0.1) is 0 Å². The maximum Gasteiger partial charge on any atom is 0.316 e. The summed E-state index contributed by atoms with van der Waals surface area (Å²) in [5.74, 6) is -3.10. The predicted octanol–water partition coefficient (Wildman–Crippen LogP) is 7.91. The molecule has 0 amide bonds. The Hall–Kier alpha value is -1.85. The predicted molar refractivity (Wildman–Crippen MR) is 179 cm³/mol. The maximum absolute atomic E-state index is 13.7. The summed E-state index contributed by atoms with van der Waals surface area (Å²) < 4.78 is 70.4. The van der Waals surface area contributed by atoms with Crippen molar-refractivity contribution < 1.29 is 40.7 Å². The van der Waals surface area contributed by atoms with Gasteiger partial charge in [0.2, 0.25) is 0 Å². The van der Waals surface area contributed by atoms with Crippen LogP contribution in [0.4, 0.5) is 8.78 Å². The fraction of sp³-hybridized carbons (Fsp3) is 0.765. The standard InChI is InChI=1S/C34H58F2O7SSi/c1-13-41-29(37)27(28(35)36)23-25-16-14-17-26(22-25)34(10,30(38)43-31(2,3)4)19-15-18-33(8,9)24-44(39,40)21-20-42-45(11,12)32(5,6)7/h14,16-17,22,27-28H,13,15,18-21,23-24H2,1-12H3. The zero-order chi connectivity index (χ0) is 35.1. The van der Waals surface area contributed by atoms with E-state index < -0.39 is 58.9 Å². The molecule has 0 radical (unpaired) electrons. The highest BCUT2D eigenvalue weighted by Crippen LogP contribution is 2.38. The van der Waals surface area contributed by atoms with E-state index in [-0.39, 0.29) is 36.2 Å². The average molecular weight is 677 g/mol. The number of carbonyl (C=O) groups is 2. The third-order valence-electron chi connectivity index (χ3n) is 8.57. The molecule has 1 aromatic rings. The molecule has 0 aliphatic heterocycles. The SMILES string of the molecule is CCOC(=O)C(Cc1cccc(C(C)(CCCC(C)(C)CS(=O)(=O)CCO[Si](C)(C)C(C)(C)C)C(=O)OC(C)(C)C)c1)C(F)F. The summed E-state index contributed by atoms with van der Waals surface area (Å²) in [5.41, 5.74) is -1.40. The van der Waals surface area contributed by atoms with Crippen molar-refractivity contribution >= 4 is 30.1 Å². The van der Waals surface area contributed by atoms with Crippen molar-refractivity contribution in [1.29, 1.82) is 0 Å². The molecule has 0 fully saturated rings. The first kappa shape index (κ1) is 41.2. The molecule has 0 aliphatic carbocycles. The quantitative estimate of drug-likeness (QED) is 0.122. The molecule has 1 rings (SSSR count). The third kappa shape index (κ3) is 13.4. The van der Waals surface area contributed by atoms with Gasteiger partial charge in [0, 0.05) is 6.61 Å². The first-order chi connectivity index (χ1) is 20.3. The molecule has 0 aliphatic rings. The molecule has 0 N–H and O–H groups in total. The van der Waals surface area contributed by atoms with Crippen molar-refractivity contribution in [3.8, 4) is 0 Å².